The number of hydrogen-bond acceptors (Lipinski definition) is 4. The first-order valence-corrected chi connectivity index (χ1v) is 8.09. The summed E-state index contributed by atoms with van der Waals surface area (Å²) >= 11 is 0. The summed E-state index contributed by atoms with van der Waals surface area (Å²) in [5.74, 6) is -0.154. The van der Waals surface area contributed by atoms with Crippen LogP contribution in [0.5, 0.6) is 5.88 Å². The van der Waals surface area contributed by atoms with E-state index in [1.807, 2.05) is 38.1 Å². The summed E-state index contributed by atoms with van der Waals surface area (Å²) < 4.78 is 1.32. The van der Waals surface area contributed by atoms with Gasteiger partial charge in [0, 0.05) is 17.0 Å². The van der Waals surface area contributed by atoms with E-state index >= 15 is 0 Å². The van der Waals surface area contributed by atoms with Crippen molar-refractivity contribution in [3.63, 3.8) is 0 Å². The number of aliphatic hydroxyl groups is 1. The Morgan fingerprint density at radius 1 is 1.12 bits per heavy atom. The number of aromatic hydroxyl groups is 1. The molecule has 0 fully saturated rings. The highest BCUT2D eigenvalue weighted by Gasteiger charge is 2.17. The average molecular weight is 336 g/mol. The van der Waals surface area contributed by atoms with Crippen molar-refractivity contribution in [1.82, 2.24) is 4.57 Å². The van der Waals surface area contributed by atoms with E-state index in [0.717, 1.165) is 11.1 Å². The van der Waals surface area contributed by atoms with Gasteiger partial charge in [-0.2, -0.15) is 0 Å². The van der Waals surface area contributed by atoms with Crippen molar-refractivity contribution in [2.45, 2.75) is 13.8 Å². The zero-order chi connectivity index (χ0) is 18.0. The lowest BCUT2D eigenvalue weighted by Crippen LogP contribution is -2.21. The molecule has 0 spiro atoms. The van der Waals surface area contributed by atoms with Crippen LogP contribution in [0.15, 0.2) is 52.3 Å². The summed E-state index contributed by atoms with van der Waals surface area (Å²) in [7, 11) is 0. The Morgan fingerprint density at radius 3 is 2.56 bits per heavy atom. The lowest BCUT2D eigenvalue weighted by molar-refractivity contribution is 0.307. The van der Waals surface area contributed by atoms with Gasteiger partial charge in [0.25, 0.3) is 5.56 Å². The van der Waals surface area contributed by atoms with Crippen molar-refractivity contribution in [3.8, 4) is 11.6 Å². The van der Waals surface area contributed by atoms with Crippen LogP contribution in [-0.2, 0) is 0 Å². The second-order valence-electron chi connectivity index (χ2n) is 5.97. The number of aryl methyl sites for hydroxylation is 2. The van der Waals surface area contributed by atoms with E-state index in [9.17, 15) is 9.90 Å². The molecule has 5 heteroatoms. The molecule has 3 aromatic rings. The SMILES string of the molecule is Cc1ccc(C)c(-n2c(O)c(C=NCCO)c3ccccc3c2=O)c1. The summed E-state index contributed by atoms with van der Waals surface area (Å²) in [4.78, 5) is 17.1. The van der Waals surface area contributed by atoms with Gasteiger partial charge in [0.1, 0.15) is 0 Å². The number of aliphatic imine (C=N–C) groups is 1. The lowest BCUT2D eigenvalue weighted by Gasteiger charge is -2.16. The first-order valence-electron chi connectivity index (χ1n) is 8.09. The molecule has 0 aliphatic carbocycles. The molecule has 25 heavy (non-hydrogen) atoms. The summed E-state index contributed by atoms with van der Waals surface area (Å²) in [6.45, 7) is 3.99. The fourth-order valence-corrected chi connectivity index (χ4v) is 2.89. The third-order valence-corrected chi connectivity index (χ3v) is 4.16. The van der Waals surface area contributed by atoms with Crippen LogP contribution in [0.1, 0.15) is 16.7 Å². The Bertz CT molecular complexity index is 1020. The minimum atomic E-state index is -0.277. The van der Waals surface area contributed by atoms with Crippen molar-refractivity contribution < 1.29 is 10.2 Å². The molecule has 0 aliphatic heterocycles. The Balaban J connectivity index is 2.40. The number of nitrogens with zero attached hydrogens (tertiary/aromatic N) is 2. The standard InChI is InChI=1S/C20H20N2O3/c1-13-7-8-14(2)18(11-13)22-19(24)16-6-4-3-5-15(16)17(20(22)25)12-21-9-10-23/h3-8,11-12,23,25H,9-10H2,1-2H3. The molecule has 0 radical (unpaired) electrons. The zero-order valence-electron chi connectivity index (χ0n) is 14.2. The third kappa shape index (κ3) is 3.06. The van der Waals surface area contributed by atoms with E-state index in [1.54, 1.807) is 18.2 Å². The Labute approximate surface area is 145 Å². The average Bonchev–Trinajstić information content (AvgIpc) is 2.61. The highest BCUT2D eigenvalue weighted by atomic mass is 16.3. The number of pyridine rings is 1. The molecule has 0 aliphatic rings. The Kier molecular flexibility index (Phi) is 4.67. The molecule has 2 N–H and O–H groups in total. The van der Waals surface area contributed by atoms with E-state index in [2.05, 4.69) is 4.99 Å². The van der Waals surface area contributed by atoms with Crippen molar-refractivity contribution in [2.24, 2.45) is 4.99 Å². The minimum absolute atomic E-state index is 0.0776. The summed E-state index contributed by atoms with van der Waals surface area (Å²) in [6.07, 6.45) is 1.51. The predicted molar refractivity (Wildman–Crippen MR) is 100 cm³/mol. The predicted octanol–water partition coefficient (Wildman–Crippen LogP) is 2.72. The number of aromatic nitrogens is 1. The van der Waals surface area contributed by atoms with Gasteiger partial charge in [-0.1, -0.05) is 30.3 Å². The van der Waals surface area contributed by atoms with Gasteiger partial charge in [-0.15, -0.1) is 0 Å². The molecule has 1 aromatic heterocycles. The second-order valence-corrected chi connectivity index (χ2v) is 5.97. The molecule has 2 aromatic carbocycles. The van der Waals surface area contributed by atoms with Crippen molar-refractivity contribution in [2.75, 3.05) is 13.2 Å². The molecule has 5 nitrogen and oxygen atoms in total. The fourth-order valence-electron chi connectivity index (χ4n) is 2.89. The van der Waals surface area contributed by atoms with Crippen molar-refractivity contribution in [3.05, 3.63) is 69.5 Å². The maximum absolute atomic E-state index is 13.0. The Hall–Kier alpha value is -2.92. The van der Waals surface area contributed by atoms with Crippen LogP contribution < -0.4 is 5.56 Å². The number of fused-ring (bicyclic) bond motifs is 1. The van der Waals surface area contributed by atoms with Crippen LogP contribution in [0.2, 0.25) is 0 Å². The second kappa shape index (κ2) is 6.91. The van der Waals surface area contributed by atoms with Crippen LogP contribution in [0.3, 0.4) is 0 Å². The maximum Gasteiger partial charge on any atom is 0.265 e. The topological polar surface area (TPSA) is 74.8 Å². The maximum atomic E-state index is 13.0. The van der Waals surface area contributed by atoms with Crippen LogP contribution in [0, 0.1) is 13.8 Å². The van der Waals surface area contributed by atoms with Gasteiger partial charge in [-0.3, -0.25) is 9.79 Å². The van der Waals surface area contributed by atoms with Gasteiger partial charge >= 0.3 is 0 Å². The van der Waals surface area contributed by atoms with E-state index in [4.69, 9.17) is 5.11 Å². The number of benzene rings is 2. The molecule has 1 heterocycles. The van der Waals surface area contributed by atoms with Crippen LogP contribution in [0.4, 0.5) is 0 Å². The van der Waals surface area contributed by atoms with Crippen molar-refractivity contribution >= 4 is 17.0 Å². The van der Waals surface area contributed by atoms with E-state index < -0.39 is 0 Å². The van der Waals surface area contributed by atoms with Crippen LogP contribution >= 0.6 is 0 Å². The molecule has 3 rings (SSSR count). The molecule has 0 bridgehead atoms. The van der Waals surface area contributed by atoms with E-state index in [0.29, 0.717) is 22.0 Å². The molecule has 0 saturated heterocycles. The van der Waals surface area contributed by atoms with Gasteiger partial charge < -0.3 is 10.2 Å². The monoisotopic (exact) mass is 336 g/mol. The quantitative estimate of drug-likeness (QED) is 0.719. The van der Waals surface area contributed by atoms with E-state index in [-0.39, 0.29) is 24.6 Å². The fraction of sp³-hybridized carbons (Fsp3) is 0.200. The molecular weight excluding hydrogens is 316 g/mol. The number of hydrogen-bond donors (Lipinski definition) is 2. The van der Waals surface area contributed by atoms with Gasteiger partial charge in [-0.05, 0) is 37.1 Å². The molecule has 0 unspecified atom stereocenters. The van der Waals surface area contributed by atoms with E-state index in [1.165, 1.54) is 10.8 Å². The summed E-state index contributed by atoms with van der Waals surface area (Å²) in [6, 6.07) is 12.9. The van der Waals surface area contributed by atoms with Gasteiger partial charge in [-0.25, -0.2) is 4.57 Å². The van der Waals surface area contributed by atoms with Gasteiger partial charge in [0.15, 0.2) is 0 Å². The highest BCUT2D eigenvalue weighted by molar-refractivity contribution is 6.01. The smallest absolute Gasteiger partial charge is 0.265 e. The Morgan fingerprint density at radius 2 is 1.84 bits per heavy atom. The van der Waals surface area contributed by atoms with Gasteiger partial charge in [0.2, 0.25) is 5.88 Å². The molecular formula is C20H20N2O3. The molecule has 0 saturated carbocycles. The minimum Gasteiger partial charge on any atom is -0.494 e. The van der Waals surface area contributed by atoms with Gasteiger partial charge in [0.05, 0.1) is 24.4 Å². The molecule has 128 valence electrons. The molecule has 0 amide bonds. The first kappa shape index (κ1) is 16.9. The van der Waals surface area contributed by atoms with Crippen molar-refractivity contribution in [1.29, 1.82) is 0 Å². The summed E-state index contributed by atoms with van der Waals surface area (Å²) in [5.41, 5.74) is 2.71. The largest absolute Gasteiger partial charge is 0.494 e. The zero-order valence-corrected chi connectivity index (χ0v) is 14.2. The first-order chi connectivity index (χ1) is 12.0. The molecule has 0 atom stereocenters. The van der Waals surface area contributed by atoms with Crippen LogP contribution in [-0.4, -0.2) is 34.1 Å². The van der Waals surface area contributed by atoms with Crippen LogP contribution in [0.25, 0.3) is 16.5 Å². The third-order valence-electron chi connectivity index (χ3n) is 4.16. The number of rotatable bonds is 4. The number of aliphatic hydroxyl groups excluding tert-OH is 1. The lowest BCUT2D eigenvalue weighted by atomic mass is 10.1. The summed E-state index contributed by atoms with van der Waals surface area (Å²) in [5, 5.41) is 20.9. The highest BCUT2D eigenvalue weighted by Crippen LogP contribution is 2.27. The normalized spacial score (nSPS) is 11.5.